The lowest BCUT2D eigenvalue weighted by atomic mass is 9.77. The van der Waals surface area contributed by atoms with Crippen LogP contribution in [0.15, 0.2) is 42.6 Å². The van der Waals surface area contributed by atoms with Gasteiger partial charge in [0.05, 0.1) is 5.56 Å². The number of ketones is 1. The van der Waals surface area contributed by atoms with Gasteiger partial charge in [0.15, 0.2) is 5.78 Å². The maximum absolute atomic E-state index is 12.2. The lowest BCUT2D eigenvalue weighted by Crippen LogP contribution is -2.17. The molecular weight excluding hydrogens is 278 g/mol. The summed E-state index contributed by atoms with van der Waals surface area (Å²) in [6.07, 6.45) is 2.93. The van der Waals surface area contributed by atoms with E-state index in [1.807, 2.05) is 30.5 Å². The SMILES string of the molecule is O=C1CCC(c2c[nH]c3ccccc23)c2c(O)ccc(O)c21. The van der Waals surface area contributed by atoms with Crippen molar-refractivity contribution in [2.24, 2.45) is 0 Å². The van der Waals surface area contributed by atoms with Gasteiger partial charge in [-0.2, -0.15) is 0 Å². The second kappa shape index (κ2) is 4.63. The van der Waals surface area contributed by atoms with E-state index in [0.717, 1.165) is 16.5 Å². The van der Waals surface area contributed by atoms with Gasteiger partial charge >= 0.3 is 0 Å². The van der Waals surface area contributed by atoms with Gasteiger partial charge in [-0.15, -0.1) is 0 Å². The maximum atomic E-state index is 12.2. The fourth-order valence-electron chi connectivity index (χ4n) is 3.48. The number of para-hydroxylation sites is 1. The molecule has 22 heavy (non-hydrogen) atoms. The number of Topliss-reactive ketones (excluding diaryl/α,β-unsaturated/α-hetero) is 1. The first-order valence-corrected chi connectivity index (χ1v) is 7.31. The van der Waals surface area contributed by atoms with Crippen LogP contribution in [0.3, 0.4) is 0 Å². The fourth-order valence-corrected chi connectivity index (χ4v) is 3.48. The summed E-state index contributed by atoms with van der Waals surface area (Å²) in [7, 11) is 0. The predicted octanol–water partition coefficient (Wildman–Crippen LogP) is 3.69. The molecule has 0 saturated carbocycles. The zero-order chi connectivity index (χ0) is 15.3. The van der Waals surface area contributed by atoms with E-state index >= 15 is 0 Å². The summed E-state index contributed by atoms with van der Waals surface area (Å²) in [5.74, 6) is -0.200. The van der Waals surface area contributed by atoms with E-state index in [1.54, 1.807) is 0 Å². The van der Waals surface area contributed by atoms with Crippen LogP contribution in [-0.2, 0) is 0 Å². The van der Waals surface area contributed by atoms with E-state index in [0.29, 0.717) is 18.4 Å². The summed E-state index contributed by atoms with van der Waals surface area (Å²) in [6.45, 7) is 0. The number of carbonyl (C=O) groups excluding carboxylic acids is 1. The van der Waals surface area contributed by atoms with Crippen molar-refractivity contribution >= 4 is 16.7 Å². The topological polar surface area (TPSA) is 73.3 Å². The van der Waals surface area contributed by atoms with Gasteiger partial charge in [-0.3, -0.25) is 4.79 Å². The van der Waals surface area contributed by atoms with Crippen LogP contribution in [0.1, 0.15) is 40.2 Å². The number of rotatable bonds is 1. The molecule has 0 spiro atoms. The second-order valence-electron chi connectivity index (χ2n) is 5.70. The van der Waals surface area contributed by atoms with Crippen molar-refractivity contribution in [2.45, 2.75) is 18.8 Å². The number of H-pyrrole nitrogens is 1. The molecule has 0 saturated heterocycles. The normalized spacial score (nSPS) is 17.6. The van der Waals surface area contributed by atoms with Crippen molar-refractivity contribution in [1.82, 2.24) is 4.98 Å². The summed E-state index contributed by atoms with van der Waals surface area (Å²) in [5, 5.41) is 21.4. The number of hydrogen-bond acceptors (Lipinski definition) is 3. The summed E-state index contributed by atoms with van der Waals surface area (Å²) in [6, 6.07) is 10.8. The first-order chi connectivity index (χ1) is 10.7. The average Bonchev–Trinajstić information content (AvgIpc) is 2.95. The first kappa shape index (κ1) is 13.0. The van der Waals surface area contributed by atoms with Crippen LogP contribution in [0.5, 0.6) is 11.5 Å². The lowest BCUT2D eigenvalue weighted by molar-refractivity contribution is 0.0965. The molecule has 1 unspecified atom stereocenters. The minimum Gasteiger partial charge on any atom is -0.508 e. The van der Waals surface area contributed by atoms with E-state index < -0.39 is 0 Å². The number of phenols is 2. The molecule has 1 aliphatic rings. The Labute approximate surface area is 127 Å². The van der Waals surface area contributed by atoms with E-state index in [4.69, 9.17) is 0 Å². The molecule has 4 rings (SSSR count). The molecule has 0 radical (unpaired) electrons. The quantitative estimate of drug-likeness (QED) is 0.599. The number of aromatic hydroxyl groups is 2. The molecule has 4 nitrogen and oxygen atoms in total. The highest BCUT2D eigenvalue weighted by Gasteiger charge is 2.32. The third kappa shape index (κ3) is 1.73. The van der Waals surface area contributed by atoms with Crippen molar-refractivity contribution in [2.75, 3.05) is 0 Å². The molecule has 1 atom stereocenters. The highest BCUT2D eigenvalue weighted by Crippen LogP contribution is 2.46. The first-order valence-electron chi connectivity index (χ1n) is 7.31. The Bertz CT molecular complexity index is 894. The van der Waals surface area contributed by atoms with E-state index in [1.165, 1.54) is 12.1 Å². The van der Waals surface area contributed by atoms with Crippen LogP contribution in [0.4, 0.5) is 0 Å². The Balaban J connectivity index is 1.98. The van der Waals surface area contributed by atoms with Crippen LogP contribution >= 0.6 is 0 Å². The molecular formula is C18H15NO3. The number of aromatic nitrogens is 1. The standard InChI is InChI=1S/C18H15NO3/c20-14-7-8-16(22)18-15(21)6-5-11(17(14)18)12-9-19-13-4-2-1-3-10(12)13/h1-4,7-9,11,19-20,22H,5-6H2. The van der Waals surface area contributed by atoms with Crippen molar-refractivity contribution in [3.63, 3.8) is 0 Å². The van der Waals surface area contributed by atoms with Gasteiger partial charge in [-0.25, -0.2) is 0 Å². The van der Waals surface area contributed by atoms with Crippen LogP contribution in [0.25, 0.3) is 10.9 Å². The van der Waals surface area contributed by atoms with Gasteiger partial charge in [-0.05, 0) is 30.2 Å². The predicted molar refractivity (Wildman–Crippen MR) is 83.5 cm³/mol. The zero-order valence-corrected chi connectivity index (χ0v) is 11.8. The Morgan fingerprint density at radius 2 is 1.82 bits per heavy atom. The molecule has 3 aromatic rings. The molecule has 4 heteroatoms. The molecule has 1 heterocycles. The molecule has 1 aromatic heterocycles. The third-order valence-electron chi connectivity index (χ3n) is 4.48. The average molecular weight is 293 g/mol. The largest absolute Gasteiger partial charge is 0.508 e. The Morgan fingerprint density at radius 1 is 1.05 bits per heavy atom. The lowest BCUT2D eigenvalue weighted by Gasteiger charge is -2.26. The van der Waals surface area contributed by atoms with Crippen LogP contribution in [0.2, 0.25) is 0 Å². The third-order valence-corrected chi connectivity index (χ3v) is 4.48. The smallest absolute Gasteiger partial charge is 0.167 e. The van der Waals surface area contributed by atoms with Crippen LogP contribution in [-0.4, -0.2) is 21.0 Å². The van der Waals surface area contributed by atoms with E-state index in [2.05, 4.69) is 4.98 Å². The number of hydrogen-bond donors (Lipinski definition) is 3. The molecule has 0 amide bonds. The number of nitrogens with one attached hydrogen (secondary N) is 1. The summed E-state index contributed by atoms with van der Waals surface area (Å²) >= 11 is 0. The molecule has 3 N–H and O–H groups in total. The number of benzene rings is 2. The number of fused-ring (bicyclic) bond motifs is 2. The van der Waals surface area contributed by atoms with Gasteiger partial charge in [0, 0.05) is 35.0 Å². The van der Waals surface area contributed by atoms with Crippen molar-refractivity contribution < 1.29 is 15.0 Å². The number of aromatic amines is 1. The minimum absolute atomic E-state index is 0.0534. The summed E-state index contributed by atoms with van der Waals surface area (Å²) in [4.78, 5) is 15.4. The molecule has 110 valence electrons. The van der Waals surface area contributed by atoms with Gasteiger partial charge in [0.2, 0.25) is 0 Å². The van der Waals surface area contributed by atoms with E-state index in [9.17, 15) is 15.0 Å². The number of carbonyl (C=O) groups is 1. The van der Waals surface area contributed by atoms with E-state index in [-0.39, 0.29) is 28.8 Å². The van der Waals surface area contributed by atoms with Crippen LogP contribution in [0, 0.1) is 0 Å². The highest BCUT2D eigenvalue weighted by molar-refractivity contribution is 6.02. The zero-order valence-electron chi connectivity index (χ0n) is 11.8. The second-order valence-corrected chi connectivity index (χ2v) is 5.70. The van der Waals surface area contributed by atoms with Crippen molar-refractivity contribution in [3.05, 3.63) is 59.3 Å². The molecule has 0 aliphatic heterocycles. The van der Waals surface area contributed by atoms with Crippen LogP contribution < -0.4 is 0 Å². The molecule has 2 aromatic carbocycles. The Morgan fingerprint density at radius 3 is 2.68 bits per heavy atom. The Kier molecular flexibility index (Phi) is 2.73. The number of phenolic OH excluding ortho intramolecular Hbond substituents is 2. The van der Waals surface area contributed by atoms with Gasteiger partial charge < -0.3 is 15.2 Å². The monoisotopic (exact) mass is 293 g/mol. The van der Waals surface area contributed by atoms with Gasteiger partial charge in [0.25, 0.3) is 0 Å². The molecule has 1 aliphatic carbocycles. The van der Waals surface area contributed by atoms with Crippen molar-refractivity contribution in [1.29, 1.82) is 0 Å². The maximum Gasteiger partial charge on any atom is 0.167 e. The van der Waals surface area contributed by atoms with Gasteiger partial charge in [0.1, 0.15) is 11.5 Å². The summed E-state index contributed by atoms with van der Waals surface area (Å²) < 4.78 is 0. The summed E-state index contributed by atoms with van der Waals surface area (Å²) in [5.41, 5.74) is 2.88. The Hall–Kier alpha value is -2.75. The fraction of sp³-hybridized carbons (Fsp3) is 0.167. The molecule has 0 bridgehead atoms. The molecule has 0 fully saturated rings. The highest BCUT2D eigenvalue weighted by atomic mass is 16.3. The van der Waals surface area contributed by atoms with Crippen molar-refractivity contribution in [3.8, 4) is 11.5 Å². The minimum atomic E-state index is -0.112. The van der Waals surface area contributed by atoms with Gasteiger partial charge in [-0.1, -0.05) is 18.2 Å².